The summed E-state index contributed by atoms with van der Waals surface area (Å²) in [5, 5.41) is 36.1. The maximum atomic E-state index is 15.9. The van der Waals surface area contributed by atoms with Crippen molar-refractivity contribution < 1.29 is 91.3 Å². The Morgan fingerprint density at radius 1 is 0.743 bits per heavy atom. The second kappa shape index (κ2) is 29.1. The second-order valence-corrected chi connectivity index (χ2v) is 27.0. The molecule has 3 fully saturated rings. The van der Waals surface area contributed by atoms with Gasteiger partial charge in [0.1, 0.15) is 35.7 Å². The Morgan fingerprint density at radius 2 is 1.39 bits per heavy atom. The Morgan fingerprint density at radius 3 is 2.00 bits per heavy atom. The number of ketones is 1. The third-order valence-corrected chi connectivity index (χ3v) is 20.4. The van der Waals surface area contributed by atoms with Gasteiger partial charge in [-0.2, -0.15) is 0 Å². The number of hydrogen-bond acceptors (Lipinski definition) is 19. The van der Waals surface area contributed by atoms with Gasteiger partial charge in [0.25, 0.3) is 11.8 Å². The van der Waals surface area contributed by atoms with Gasteiger partial charge in [-0.15, -0.1) is 0 Å². The van der Waals surface area contributed by atoms with Crippen LogP contribution in [0.2, 0.25) is 5.02 Å². The molecule has 6 aromatic carbocycles. The average Bonchev–Trinajstić information content (AvgIpc) is 0.952. The molecule has 24 heteroatoms. The number of rotatable bonds is 21. The number of nitrogens with one attached hydrogen (secondary N) is 3. The van der Waals surface area contributed by atoms with Crippen LogP contribution in [0.1, 0.15) is 127 Å². The highest BCUT2D eigenvalue weighted by atomic mass is 35.5. The van der Waals surface area contributed by atoms with Gasteiger partial charge >= 0.3 is 29.8 Å². The molecule has 101 heavy (non-hydrogen) atoms. The largest absolute Gasteiger partial charge is 0.497 e. The first-order valence-corrected chi connectivity index (χ1v) is 33.3. The molecule has 2 bridgehead atoms. The van der Waals surface area contributed by atoms with Gasteiger partial charge in [-0.3, -0.25) is 42.9 Å². The number of aliphatic hydroxyl groups is 2. The number of aliphatic hydroxyl groups excluding tert-OH is 1. The number of carbonyl (C=O) groups excluding carboxylic acids is 10. The number of aromatic nitrogens is 1. The summed E-state index contributed by atoms with van der Waals surface area (Å²) in [7, 11) is 1.52. The molecule has 3 aliphatic carbocycles. The fourth-order valence-electron chi connectivity index (χ4n) is 14.9. The number of carbonyl (C=O) groups is 10. The van der Waals surface area contributed by atoms with E-state index in [2.05, 4.69) is 16.0 Å². The van der Waals surface area contributed by atoms with E-state index in [9.17, 15) is 48.6 Å². The van der Waals surface area contributed by atoms with Crippen LogP contribution in [0, 0.1) is 23.7 Å². The van der Waals surface area contributed by atoms with Crippen LogP contribution in [0.5, 0.6) is 5.75 Å². The van der Waals surface area contributed by atoms with Crippen LogP contribution >= 0.6 is 11.6 Å². The smallest absolute Gasteiger partial charge is 0.350 e. The third-order valence-electron chi connectivity index (χ3n) is 20.2. The number of anilines is 1. The molecule has 1 saturated heterocycles. The van der Waals surface area contributed by atoms with Gasteiger partial charge in [-0.05, 0) is 127 Å². The first kappa shape index (κ1) is 71.9. The van der Waals surface area contributed by atoms with Crippen molar-refractivity contribution in [3.63, 3.8) is 0 Å². The Labute approximate surface area is 586 Å². The van der Waals surface area contributed by atoms with Crippen molar-refractivity contribution in [3.05, 3.63) is 213 Å². The summed E-state index contributed by atoms with van der Waals surface area (Å²) >= 11 is 6.11. The van der Waals surface area contributed by atoms with E-state index < -0.39 is 137 Å². The maximum absolute atomic E-state index is 15.9. The lowest BCUT2D eigenvalue weighted by molar-refractivity contribution is -0.346. The normalized spacial score (nSPS) is 23.9. The number of nitrogens with zero attached hydrogens (tertiary/aromatic N) is 1. The molecule has 0 spiro atoms. The van der Waals surface area contributed by atoms with Gasteiger partial charge in [0.05, 0.1) is 55.1 Å². The molecule has 2 saturated carbocycles. The molecular weight excluding hydrogens is 1320 g/mol. The van der Waals surface area contributed by atoms with Crippen molar-refractivity contribution in [2.75, 3.05) is 19.0 Å². The van der Waals surface area contributed by atoms with Gasteiger partial charge in [0.15, 0.2) is 17.5 Å². The quantitative estimate of drug-likeness (QED) is 0.0254. The zero-order valence-corrected chi connectivity index (χ0v) is 57.5. The fourth-order valence-corrected chi connectivity index (χ4v) is 15.0. The number of halogens is 1. The summed E-state index contributed by atoms with van der Waals surface area (Å²) in [6, 6.07) is 40.6. The molecular formula is C77H77ClN4O19. The molecule has 23 nitrogen and oxygen atoms in total. The van der Waals surface area contributed by atoms with Crippen LogP contribution in [-0.4, -0.2) is 136 Å². The molecule has 1 aromatic heterocycles. The molecule has 3 amide bonds. The SMILES string of the molecule is COc1ccc2c(c1)c(CC(=O)Nc1ccc(CNC(=O)CCC(=O)OC(C(=O)OC3C[C@@]4(O)[C@@H](OC(=O)c5ccccc5)[C@H]5[C@](C)(C(=O)[C@H](OC(C)=O)C(=C3C)C4(C)C)[C@@H](O)CC3OC[C@]35OC(C)=O)[C@@H](NC(=O)c3ccccc3)c3ccccc3)cc1)c(C)n2C(=O)c1ccc(Cl)cc1. The number of esters is 5. The van der Waals surface area contributed by atoms with Crippen molar-refractivity contribution in [2.45, 2.75) is 141 Å². The van der Waals surface area contributed by atoms with Crippen molar-refractivity contribution in [1.82, 2.24) is 15.2 Å². The first-order valence-electron chi connectivity index (χ1n) is 32.9. The minimum absolute atomic E-state index is 0.00739. The predicted octanol–water partition coefficient (Wildman–Crippen LogP) is 9.18. The van der Waals surface area contributed by atoms with E-state index in [0.29, 0.717) is 49.7 Å². The highest BCUT2D eigenvalue weighted by molar-refractivity contribution is 6.30. The van der Waals surface area contributed by atoms with E-state index in [1.54, 1.807) is 145 Å². The van der Waals surface area contributed by atoms with Gasteiger partial charge in [-0.1, -0.05) is 104 Å². The van der Waals surface area contributed by atoms with Crippen LogP contribution in [0.25, 0.3) is 10.9 Å². The predicted molar refractivity (Wildman–Crippen MR) is 366 cm³/mol. The van der Waals surface area contributed by atoms with Gasteiger partial charge in [-0.25, -0.2) is 9.59 Å². The Balaban J connectivity index is 0.854. The molecule has 526 valence electrons. The maximum Gasteiger partial charge on any atom is 0.350 e. The number of amides is 3. The zero-order chi connectivity index (χ0) is 72.5. The number of methoxy groups -OCH3 is 1. The first-order chi connectivity index (χ1) is 48.1. The lowest BCUT2D eigenvalue weighted by Gasteiger charge is -2.67. The van der Waals surface area contributed by atoms with E-state index in [0.717, 1.165) is 13.8 Å². The van der Waals surface area contributed by atoms with Crippen LogP contribution in [0.15, 0.2) is 169 Å². The number of ether oxygens (including phenoxy) is 7. The molecule has 4 aliphatic rings. The van der Waals surface area contributed by atoms with Crippen molar-refractivity contribution >= 4 is 87.4 Å². The van der Waals surface area contributed by atoms with Gasteiger partial charge in [0.2, 0.25) is 17.9 Å². The zero-order valence-electron chi connectivity index (χ0n) is 56.7. The van der Waals surface area contributed by atoms with E-state index >= 15 is 9.59 Å². The summed E-state index contributed by atoms with van der Waals surface area (Å²) in [6.07, 6.45) is -12.6. The molecule has 11 atom stereocenters. The Kier molecular flexibility index (Phi) is 20.7. The monoisotopic (exact) mass is 1400 g/mol. The lowest BCUT2D eigenvalue weighted by Crippen LogP contribution is -2.82. The van der Waals surface area contributed by atoms with Crippen LogP contribution in [0.4, 0.5) is 5.69 Å². The second-order valence-electron chi connectivity index (χ2n) is 26.6. The van der Waals surface area contributed by atoms with E-state index in [1.165, 1.54) is 59.1 Å². The topological polar surface area (TPSA) is 317 Å². The minimum Gasteiger partial charge on any atom is -0.497 e. The molecule has 0 radical (unpaired) electrons. The number of benzene rings is 6. The molecule has 2 heterocycles. The molecule has 7 aromatic rings. The van der Waals surface area contributed by atoms with Crippen molar-refractivity contribution in [2.24, 2.45) is 16.7 Å². The highest BCUT2D eigenvalue weighted by Crippen LogP contribution is 2.64. The summed E-state index contributed by atoms with van der Waals surface area (Å²) < 4.78 is 44.2. The van der Waals surface area contributed by atoms with Gasteiger partial charge in [0, 0.05) is 78.0 Å². The summed E-state index contributed by atoms with van der Waals surface area (Å²) in [6.45, 7) is 9.44. The van der Waals surface area contributed by atoms with Gasteiger partial charge < -0.3 is 59.3 Å². The lowest BCUT2D eigenvalue weighted by atomic mass is 9.44. The average molecular weight is 1400 g/mol. The van der Waals surface area contributed by atoms with E-state index in [4.69, 9.17) is 44.8 Å². The summed E-state index contributed by atoms with van der Waals surface area (Å²) in [4.78, 5) is 143. The molecule has 5 N–H and O–H groups in total. The highest BCUT2D eigenvalue weighted by Gasteiger charge is 2.78. The Hall–Kier alpha value is -10.3. The number of fused-ring (bicyclic) bond motifs is 6. The van der Waals surface area contributed by atoms with Crippen LogP contribution in [-0.2, 0) is 74.9 Å². The van der Waals surface area contributed by atoms with Crippen molar-refractivity contribution in [3.8, 4) is 5.75 Å². The van der Waals surface area contributed by atoms with Crippen LogP contribution in [0.3, 0.4) is 0 Å². The standard InChI is InChI=1S/C77H77ClN4O19/c1-42-57(39-77(94)69(100-72(92)50-22-16-11-17-23-50)67-75(7,58(85)38-59-76(67,41-96-59)101-45(4)84)68(89)65(97-44(3)83)63(42)74(77,5)6)98-73(93)66(64(47-18-12-9-13-19-47)81-70(90)48-20-14-10-15-21-48)99-62(88)35-34-60(86)79-40-46-24-30-52(31-25-46)80-61(87)37-54-43(2)82(56-33-32-53(95-8)36-55(54)56)71(91)49-26-28-51(78)29-27-49/h9-33,36,57-59,64-67,69,85,94H,34-35,37-41H2,1-8H3,(H,79,86)(H,80,87)(H,81,90)/t57?,58-,59?,64-,65+,66?,67-,69-,75+,76-,77+/m0/s1. The minimum atomic E-state index is -2.55. The van der Waals surface area contributed by atoms with Crippen LogP contribution < -0.4 is 20.7 Å². The summed E-state index contributed by atoms with van der Waals surface area (Å²) in [5.41, 5.74) is -4.80. The Bertz CT molecular complexity index is 4430. The van der Waals surface area contributed by atoms with E-state index in [1.807, 2.05) is 0 Å². The molecule has 11 rings (SSSR count). The summed E-state index contributed by atoms with van der Waals surface area (Å²) in [5.74, 6) is -9.26. The third kappa shape index (κ3) is 14.0. The number of hydrogen-bond donors (Lipinski definition) is 5. The van der Waals surface area contributed by atoms with Crippen molar-refractivity contribution in [1.29, 1.82) is 0 Å². The molecule has 1 aliphatic heterocycles. The fraction of sp³-hybridized carbons (Fsp3) is 0.351. The molecule has 3 unspecified atom stereocenters. The van der Waals surface area contributed by atoms with E-state index in [-0.39, 0.29) is 65.6 Å². The number of Topliss-reactive ketones (excluding diaryl/α,β-unsaturated/α-hetero) is 1.